The van der Waals surface area contributed by atoms with E-state index in [9.17, 15) is 4.79 Å². The van der Waals surface area contributed by atoms with E-state index in [1.165, 1.54) is 6.33 Å². The Morgan fingerprint density at radius 2 is 2.29 bits per heavy atom. The van der Waals surface area contributed by atoms with Crippen molar-refractivity contribution in [2.24, 2.45) is 18.7 Å². The standard InChI is InChI=1S/C9H16N4O/c1-6(2)9(10)7(14)4-8-11-5-12-13(8)3/h5-6,9H,4,10H2,1-3H3. The van der Waals surface area contributed by atoms with E-state index in [1.807, 2.05) is 13.8 Å². The summed E-state index contributed by atoms with van der Waals surface area (Å²) in [6.45, 7) is 3.86. The zero-order chi connectivity index (χ0) is 10.7. The van der Waals surface area contributed by atoms with Crippen LogP contribution < -0.4 is 5.73 Å². The van der Waals surface area contributed by atoms with Crippen molar-refractivity contribution in [3.63, 3.8) is 0 Å². The van der Waals surface area contributed by atoms with Crippen LogP contribution in [0.4, 0.5) is 0 Å². The maximum absolute atomic E-state index is 11.6. The Labute approximate surface area is 83.3 Å². The summed E-state index contributed by atoms with van der Waals surface area (Å²) in [6, 6.07) is -0.410. The Bertz CT molecular complexity index is 318. The molecule has 5 heteroatoms. The number of rotatable bonds is 4. The molecule has 1 atom stereocenters. The van der Waals surface area contributed by atoms with Gasteiger partial charge in [-0.1, -0.05) is 13.8 Å². The fraction of sp³-hybridized carbons (Fsp3) is 0.667. The van der Waals surface area contributed by atoms with Crippen LogP contribution in [0.3, 0.4) is 0 Å². The van der Waals surface area contributed by atoms with Gasteiger partial charge in [-0.3, -0.25) is 9.48 Å². The number of hydrogen-bond donors (Lipinski definition) is 1. The number of carbonyl (C=O) groups excluding carboxylic acids is 1. The molecule has 0 bridgehead atoms. The summed E-state index contributed by atoms with van der Waals surface area (Å²) in [5.41, 5.74) is 5.72. The molecule has 1 aromatic heterocycles. The second-order valence-electron chi connectivity index (χ2n) is 3.71. The minimum Gasteiger partial charge on any atom is -0.321 e. The van der Waals surface area contributed by atoms with Gasteiger partial charge in [-0.15, -0.1) is 0 Å². The van der Waals surface area contributed by atoms with Gasteiger partial charge in [0.05, 0.1) is 12.5 Å². The first-order valence-electron chi connectivity index (χ1n) is 4.63. The highest BCUT2D eigenvalue weighted by Gasteiger charge is 2.18. The highest BCUT2D eigenvalue weighted by molar-refractivity contribution is 5.85. The molecule has 0 radical (unpaired) electrons. The molecule has 0 aromatic carbocycles. The monoisotopic (exact) mass is 196 g/mol. The van der Waals surface area contributed by atoms with Gasteiger partial charge in [-0.2, -0.15) is 5.10 Å². The lowest BCUT2D eigenvalue weighted by molar-refractivity contribution is -0.120. The van der Waals surface area contributed by atoms with Crippen molar-refractivity contribution in [1.82, 2.24) is 14.8 Å². The molecular formula is C9H16N4O. The lowest BCUT2D eigenvalue weighted by Gasteiger charge is -2.13. The fourth-order valence-corrected chi connectivity index (χ4v) is 1.13. The number of nitrogens with zero attached hydrogens (tertiary/aromatic N) is 3. The lowest BCUT2D eigenvalue weighted by atomic mass is 9.99. The normalized spacial score (nSPS) is 13.2. The lowest BCUT2D eigenvalue weighted by Crippen LogP contribution is -2.37. The van der Waals surface area contributed by atoms with Gasteiger partial charge in [0.15, 0.2) is 5.78 Å². The van der Waals surface area contributed by atoms with Crippen molar-refractivity contribution in [3.05, 3.63) is 12.2 Å². The van der Waals surface area contributed by atoms with E-state index in [-0.39, 0.29) is 18.1 Å². The van der Waals surface area contributed by atoms with Crippen molar-refractivity contribution < 1.29 is 4.79 Å². The van der Waals surface area contributed by atoms with E-state index < -0.39 is 6.04 Å². The van der Waals surface area contributed by atoms with Gasteiger partial charge in [-0.05, 0) is 5.92 Å². The van der Waals surface area contributed by atoms with Crippen molar-refractivity contribution in [1.29, 1.82) is 0 Å². The Kier molecular flexibility index (Phi) is 3.35. The maximum atomic E-state index is 11.6. The summed E-state index contributed by atoms with van der Waals surface area (Å²) in [6.07, 6.45) is 1.69. The number of aryl methyl sites for hydroxylation is 1. The van der Waals surface area contributed by atoms with Gasteiger partial charge in [0.1, 0.15) is 12.2 Å². The molecule has 2 N–H and O–H groups in total. The van der Waals surface area contributed by atoms with E-state index in [2.05, 4.69) is 10.1 Å². The smallest absolute Gasteiger partial charge is 0.157 e. The van der Waals surface area contributed by atoms with Crippen LogP contribution in [-0.4, -0.2) is 26.6 Å². The van der Waals surface area contributed by atoms with E-state index in [4.69, 9.17) is 5.73 Å². The van der Waals surface area contributed by atoms with Crippen LogP contribution in [0.1, 0.15) is 19.7 Å². The first kappa shape index (κ1) is 10.8. The SMILES string of the molecule is CC(C)C(N)C(=O)Cc1ncnn1C. The molecular weight excluding hydrogens is 180 g/mol. The Morgan fingerprint density at radius 3 is 2.71 bits per heavy atom. The summed E-state index contributed by atoms with van der Waals surface area (Å²) in [5, 5.41) is 3.89. The Hall–Kier alpha value is -1.23. The molecule has 0 aliphatic carbocycles. The number of hydrogen-bond acceptors (Lipinski definition) is 4. The van der Waals surface area contributed by atoms with Crippen molar-refractivity contribution >= 4 is 5.78 Å². The Balaban J connectivity index is 2.62. The second-order valence-corrected chi connectivity index (χ2v) is 3.71. The maximum Gasteiger partial charge on any atom is 0.157 e. The minimum absolute atomic E-state index is 0.0103. The Morgan fingerprint density at radius 1 is 1.64 bits per heavy atom. The molecule has 0 amide bonds. The zero-order valence-electron chi connectivity index (χ0n) is 8.77. The zero-order valence-corrected chi connectivity index (χ0v) is 8.77. The average Bonchev–Trinajstić information content (AvgIpc) is 2.50. The van der Waals surface area contributed by atoms with Gasteiger partial charge in [0.2, 0.25) is 0 Å². The van der Waals surface area contributed by atoms with Gasteiger partial charge < -0.3 is 5.73 Å². The van der Waals surface area contributed by atoms with Crippen LogP contribution in [-0.2, 0) is 18.3 Å². The fourth-order valence-electron chi connectivity index (χ4n) is 1.13. The van der Waals surface area contributed by atoms with Crippen molar-refractivity contribution in [2.75, 3.05) is 0 Å². The molecule has 1 heterocycles. The molecule has 0 aliphatic rings. The average molecular weight is 196 g/mol. The van der Waals surface area contributed by atoms with Gasteiger partial charge >= 0.3 is 0 Å². The molecule has 14 heavy (non-hydrogen) atoms. The number of nitrogens with two attached hydrogens (primary N) is 1. The summed E-state index contributed by atoms with van der Waals surface area (Å²) >= 11 is 0. The van der Waals surface area contributed by atoms with E-state index >= 15 is 0 Å². The molecule has 0 spiro atoms. The molecule has 0 saturated carbocycles. The third-order valence-electron chi connectivity index (χ3n) is 2.23. The molecule has 78 valence electrons. The van der Waals surface area contributed by atoms with Crippen LogP contribution in [0, 0.1) is 5.92 Å². The molecule has 1 aromatic rings. The topological polar surface area (TPSA) is 73.8 Å². The molecule has 0 fully saturated rings. The van der Waals surface area contributed by atoms with Crippen LogP contribution >= 0.6 is 0 Å². The molecule has 0 saturated heterocycles. The van der Waals surface area contributed by atoms with E-state index in [1.54, 1.807) is 11.7 Å². The van der Waals surface area contributed by atoms with Crippen LogP contribution in [0.2, 0.25) is 0 Å². The highest BCUT2D eigenvalue weighted by atomic mass is 16.1. The third-order valence-corrected chi connectivity index (χ3v) is 2.23. The summed E-state index contributed by atoms with van der Waals surface area (Å²) in [7, 11) is 1.76. The number of aromatic nitrogens is 3. The van der Waals surface area contributed by atoms with Crippen LogP contribution in [0.5, 0.6) is 0 Å². The van der Waals surface area contributed by atoms with Gasteiger partial charge in [0.25, 0.3) is 0 Å². The predicted octanol–water partition coefficient (Wildman–Crippen LogP) is -0.0900. The summed E-state index contributed by atoms with van der Waals surface area (Å²) < 4.78 is 1.59. The van der Waals surface area contributed by atoms with Crippen molar-refractivity contribution in [3.8, 4) is 0 Å². The van der Waals surface area contributed by atoms with Gasteiger partial charge in [0, 0.05) is 7.05 Å². The van der Waals surface area contributed by atoms with Crippen LogP contribution in [0.25, 0.3) is 0 Å². The predicted molar refractivity (Wildman–Crippen MR) is 52.5 cm³/mol. The number of carbonyl (C=O) groups is 1. The minimum atomic E-state index is -0.410. The first-order valence-corrected chi connectivity index (χ1v) is 4.63. The number of ketones is 1. The van der Waals surface area contributed by atoms with Crippen molar-refractivity contribution in [2.45, 2.75) is 26.3 Å². The molecule has 5 nitrogen and oxygen atoms in total. The summed E-state index contributed by atoms with van der Waals surface area (Å²) in [4.78, 5) is 15.6. The van der Waals surface area contributed by atoms with E-state index in [0.29, 0.717) is 5.82 Å². The first-order chi connectivity index (χ1) is 6.52. The quantitative estimate of drug-likeness (QED) is 0.730. The molecule has 1 unspecified atom stereocenters. The third kappa shape index (κ3) is 2.38. The molecule has 0 aliphatic heterocycles. The van der Waals surface area contributed by atoms with Crippen LogP contribution in [0.15, 0.2) is 6.33 Å². The van der Waals surface area contributed by atoms with Gasteiger partial charge in [-0.25, -0.2) is 4.98 Å². The number of Topliss-reactive ketones (excluding diaryl/α,β-unsaturated/α-hetero) is 1. The largest absolute Gasteiger partial charge is 0.321 e. The second kappa shape index (κ2) is 4.32. The highest BCUT2D eigenvalue weighted by Crippen LogP contribution is 2.03. The van der Waals surface area contributed by atoms with E-state index in [0.717, 1.165) is 0 Å². The molecule has 1 rings (SSSR count). The summed E-state index contributed by atoms with van der Waals surface area (Å²) in [5.74, 6) is 0.831.